The second-order valence-electron chi connectivity index (χ2n) is 2.74. The van der Waals surface area contributed by atoms with Gasteiger partial charge in [0.2, 0.25) is 0 Å². The molecular formula is C9H13ClFNO. The third-order valence-corrected chi connectivity index (χ3v) is 1.91. The lowest BCUT2D eigenvalue weighted by molar-refractivity contribution is 0.267. The van der Waals surface area contributed by atoms with Gasteiger partial charge >= 0.3 is 0 Å². The van der Waals surface area contributed by atoms with Gasteiger partial charge < -0.3 is 10.8 Å². The van der Waals surface area contributed by atoms with Crippen LogP contribution in [0.3, 0.4) is 0 Å². The van der Waals surface area contributed by atoms with Crippen molar-refractivity contribution in [1.29, 1.82) is 0 Å². The van der Waals surface area contributed by atoms with Gasteiger partial charge in [-0.1, -0.05) is 12.1 Å². The summed E-state index contributed by atoms with van der Waals surface area (Å²) in [5.74, 6) is -0.281. The van der Waals surface area contributed by atoms with Crippen LogP contribution in [0.4, 0.5) is 4.39 Å². The Morgan fingerprint density at radius 1 is 1.54 bits per heavy atom. The van der Waals surface area contributed by atoms with Gasteiger partial charge in [-0.15, -0.1) is 12.4 Å². The molecule has 0 heterocycles. The van der Waals surface area contributed by atoms with Gasteiger partial charge in [-0.2, -0.15) is 0 Å². The summed E-state index contributed by atoms with van der Waals surface area (Å²) in [5.41, 5.74) is 6.72. The second-order valence-corrected chi connectivity index (χ2v) is 2.74. The highest BCUT2D eigenvalue weighted by Crippen LogP contribution is 2.17. The predicted octanol–water partition coefficient (Wildman–Crippen LogP) is 1.55. The van der Waals surface area contributed by atoms with Crippen molar-refractivity contribution in [2.24, 2.45) is 5.73 Å². The number of rotatable bonds is 2. The molecule has 0 bridgehead atoms. The fraction of sp³-hybridized carbons (Fsp3) is 0.333. The standard InChI is InChI=1S/C9H12FNO.ClH/c1-6-7(9(11)5-12)3-2-4-8(6)10;/h2-4,9,12H,5,11H2,1H3;1H. The first-order valence-electron chi connectivity index (χ1n) is 3.78. The number of benzene rings is 1. The minimum atomic E-state index is -0.485. The normalized spacial score (nSPS) is 12.0. The van der Waals surface area contributed by atoms with E-state index in [1.807, 2.05) is 0 Å². The Morgan fingerprint density at radius 3 is 2.69 bits per heavy atom. The maximum Gasteiger partial charge on any atom is 0.126 e. The molecule has 0 amide bonds. The van der Waals surface area contributed by atoms with E-state index < -0.39 is 6.04 Å². The van der Waals surface area contributed by atoms with E-state index in [2.05, 4.69) is 0 Å². The summed E-state index contributed by atoms with van der Waals surface area (Å²) in [5, 5.41) is 8.76. The van der Waals surface area contributed by atoms with E-state index >= 15 is 0 Å². The highest BCUT2D eigenvalue weighted by molar-refractivity contribution is 5.85. The Bertz CT molecular complexity index is 280. The number of aliphatic hydroxyl groups excluding tert-OH is 1. The monoisotopic (exact) mass is 205 g/mol. The Labute approximate surface area is 83.0 Å². The highest BCUT2D eigenvalue weighted by Gasteiger charge is 2.09. The van der Waals surface area contributed by atoms with Crippen LogP contribution in [-0.4, -0.2) is 11.7 Å². The molecule has 2 nitrogen and oxygen atoms in total. The maximum atomic E-state index is 12.9. The molecule has 3 N–H and O–H groups in total. The molecule has 1 aromatic rings. The van der Waals surface area contributed by atoms with Gasteiger partial charge in [0, 0.05) is 0 Å². The highest BCUT2D eigenvalue weighted by atomic mass is 35.5. The molecule has 74 valence electrons. The molecule has 0 aliphatic heterocycles. The van der Waals surface area contributed by atoms with Crippen LogP contribution in [0.25, 0.3) is 0 Å². The first kappa shape index (κ1) is 12.4. The average Bonchev–Trinajstić information content (AvgIpc) is 2.08. The quantitative estimate of drug-likeness (QED) is 0.770. The largest absolute Gasteiger partial charge is 0.394 e. The first-order chi connectivity index (χ1) is 5.66. The van der Waals surface area contributed by atoms with E-state index in [1.54, 1.807) is 19.1 Å². The van der Waals surface area contributed by atoms with Crippen LogP contribution in [0, 0.1) is 12.7 Å². The number of halogens is 2. The van der Waals surface area contributed by atoms with Crippen molar-refractivity contribution >= 4 is 12.4 Å². The molecule has 0 radical (unpaired) electrons. The molecule has 0 saturated heterocycles. The molecule has 0 spiro atoms. The van der Waals surface area contributed by atoms with Crippen LogP contribution in [0.15, 0.2) is 18.2 Å². The van der Waals surface area contributed by atoms with Crippen LogP contribution < -0.4 is 5.73 Å². The Kier molecular flexibility index (Phi) is 4.91. The summed E-state index contributed by atoms with van der Waals surface area (Å²) in [4.78, 5) is 0. The Morgan fingerprint density at radius 2 is 2.15 bits per heavy atom. The topological polar surface area (TPSA) is 46.2 Å². The minimum absolute atomic E-state index is 0. The van der Waals surface area contributed by atoms with Gasteiger partial charge in [-0.05, 0) is 24.1 Å². The summed E-state index contributed by atoms with van der Waals surface area (Å²) in [6.45, 7) is 1.49. The SMILES string of the molecule is Cc1c(F)cccc1C(N)CO.Cl. The van der Waals surface area contributed by atoms with E-state index in [0.29, 0.717) is 11.1 Å². The first-order valence-corrected chi connectivity index (χ1v) is 3.78. The summed E-state index contributed by atoms with van der Waals surface area (Å²) in [6.07, 6.45) is 0. The summed E-state index contributed by atoms with van der Waals surface area (Å²) < 4.78 is 12.9. The second kappa shape index (κ2) is 5.17. The summed E-state index contributed by atoms with van der Waals surface area (Å²) >= 11 is 0. The van der Waals surface area contributed by atoms with E-state index in [0.717, 1.165) is 0 Å². The van der Waals surface area contributed by atoms with Crippen molar-refractivity contribution in [2.45, 2.75) is 13.0 Å². The van der Waals surface area contributed by atoms with Crippen molar-refractivity contribution < 1.29 is 9.50 Å². The zero-order valence-electron chi connectivity index (χ0n) is 7.33. The van der Waals surface area contributed by atoms with Gasteiger partial charge in [0.15, 0.2) is 0 Å². The predicted molar refractivity (Wildman–Crippen MR) is 52.4 cm³/mol. The van der Waals surface area contributed by atoms with Gasteiger partial charge in [-0.25, -0.2) is 4.39 Å². The molecule has 13 heavy (non-hydrogen) atoms. The van der Waals surface area contributed by atoms with Crippen molar-refractivity contribution in [3.63, 3.8) is 0 Å². The molecule has 1 atom stereocenters. The van der Waals surface area contributed by atoms with Crippen LogP contribution in [0.2, 0.25) is 0 Å². The lowest BCUT2D eigenvalue weighted by Crippen LogP contribution is -2.16. The third-order valence-electron chi connectivity index (χ3n) is 1.91. The van der Waals surface area contributed by atoms with Gasteiger partial charge in [0.1, 0.15) is 5.82 Å². The maximum absolute atomic E-state index is 12.9. The smallest absolute Gasteiger partial charge is 0.126 e. The van der Waals surface area contributed by atoms with E-state index in [4.69, 9.17) is 10.8 Å². The number of nitrogens with two attached hydrogens (primary N) is 1. The number of hydrogen-bond acceptors (Lipinski definition) is 2. The fourth-order valence-corrected chi connectivity index (χ4v) is 1.12. The average molecular weight is 206 g/mol. The molecule has 0 aliphatic carbocycles. The zero-order valence-corrected chi connectivity index (χ0v) is 8.14. The van der Waals surface area contributed by atoms with Crippen LogP contribution in [-0.2, 0) is 0 Å². The lowest BCUT2D eigenvalue weighted by atomic mass is 10.0. The molecule has 0 saturated carbocycles. The van der Waals surface area contributed by atoms with Crippen molar-refractivity contribution in [2.75, 3.05) is 6.61 Å². The van der Waals surface area contributed by atoms with Crippen LogP contribution in [0.5, 0.6) is 0 Å². The number of hydrogen-bond donors (Lipinski definition) is 2. The summed E-state index contributed by atoms with van der Waals surface area (Å²) in [6, 6.07) is 4.20. The van der Waals surface area contributed by atoms with Crippen molar-refractivity contribution in [3.05, 3.63) is 35.1 Å². The molecule has 1 aromatic carbocycles. The van der Waals surface area contributed by atoms with Crippen LogP contribution in [0.1, 0.15) is 17.2 Å². The molecule has 4 heteroatoms. The molecule has 1 unspecified atom stereocenters. The van der Waals surface area contributed by atoms with Gasteiger partial charge in [0.25, 0.3) is 0 Å². The Hall–Kier alpha value is -0.640. The molecule has 1 rings (SSSR count). The van der Waals surface area contributed by atoms with Crippen molar-refractivity contribution in [1.82, 2.24) is 0 Å². The van der Waals surface area contributed by atoms with Crippen LogP contribution >= 0.6 is 12.4 Å². The fourth-order valence-electron chi connectivity index (χ4n) is 1.12. The Balaban J connectivity index is 0.00000144. The van der Waals surface area contributed by atoms with E-state index in [-0.39, 0.29) is 24.8 Å². The van der Waals surface area contributed by atoms with E-state index in [9.17, 15) is 4.39 Å². The number of aliphatic hydroxyl groups is 1. The summed E-state index contributed by atoms with van der Waals surface area (Å²) in [7, 11) is 0. The molecule has 0 aromatic heterocycles. The molecule has 0 fully saturated rings. The minimum Gasteiger partial charge on any atom is -0.394 e. The molecular weight excluding hydrogens is 193 g/mol. The lowest BCUT2D eigenvalue weighted by Gasteiger charge is -2.11. The van der Waals surface area contributed by atoms with Crippen molar-refractivity contribution in [3.8, 4) is 0 Å². The van der Waals surface area contributed by atoms with Gasteiger partial charge in [-0.3, -0.25) is 0 Å². The zero-order chi connectivity index (χ0) is 9.14. The van der Waals surface area contributed by atoms with E-state index in [1.165, 1.54) is 6.07 Å². The van der Waals surface area contributed by atoms with Gasteiger partial charge in [0.05, 0.1) is 12.6 Å². The molecule has 0 aliphatic rings. The third kappa shape index (κ3) is 2.66.